The van der Waals surface area contributed by atoms with E-state index in [9.17, 15) is 0 Å². The maximum absolute atomic E-state index is 2.68. The first-order valence-corrected chi connectivity index (χ1v) is 16.2. The van der Waals surface area contributed by atoms with Gasteiger partial charge in [-0.25, -0.2) is 0 Å². The van der Waals surface area contributed by atoms with Crippen molar-refractivity contribution in [2.45, 2.75) is 50.0 Å². The molecule has 3 atom stereocenters. The third-order valence-electron chi connectivity index (χ3n) is 3.66. The molecular weight excluding hydrogens is 289 g/mol. The van der Waals surface area contributed by atoms with Crippen molar-refractivity contribution in [3.63, 3.8) is 0 Å². The van der Waals surface area contributed by atoms with Crippen LogP contribution in [0.3, 0.4) is 0 Å². The molecule has 0 N–H and O–H groups in total. The van der Waals surface area contributed by atoms with E-state index >= 15 is 0 Å². The van der Waals surface area contributed by atoms with E-state index in [1.54, 1.807) is 5.56 Å². The maximum atomic E-state index is 2.68. The second kappa shape index (κ2) is 4.81. The molecule has 1 saturated heterocycles. The van der Waals surface area contributed by atoms with Crippen LogP contribution in [0.25, 0.3) is 0 Å². The fourth-order valence-electron chi connectivity index (χ4n) is 3.48. The van der Waals surface area contributed by atoms with Crippen LogP contribution in [0.5, 0.6) is 0 Å². The Morgan fingerprint density at radius 2 is 1.72 bits per heavy atom. The summed E-state index contributed by atoms with van der Waals surface area (Å²) < 4.78 is 2.68. The minimum atomic E-state index is -1.07. The smallest absolute Gasteiger partial charge is 0.0722 e. The Hall–Kier alpha value is 0.524. The Bertz CT molecular complexity index is 394. The van der Waals surface area contributed by atoms with Gasteiger partial charge in [-0.3, -0.25) is 4.67 Å². The van der Waals surface area contributed by atoms with Crippen molar-refractivity contribution in [2.24, 2.45) is 0 Å². The summed E-state index contributed by atoms with van der Waals surface area (Å²) in [5, 5.41) is 4.59. The van der Waals surface area contributed by atoms with Gasteiger partial charge in [0.2, 0.25) is 0 Å². The van der Waals surface area contributed by atoms with Gasteiger partial charge in [0.15, 0.2) is 0 Å². The van der Waals surface area contributed by atoms with Crippen molar-refractivity contribution < 1.29 is 0 Å². The largest absolute Gasteiger partial charge is 0.271 e. The molecule has 2 unspecified atom stereocenters. The van der Waals surface area contributed by atoms with Gasteiger partial charge in [-0.05, 0) is 42.4 Å². The van der Waals surface area contributed by atoms with E-state index in [1.165, 1.54) is 0 Å². The quantitative estimate of drug-likeness (QED) is 0.418. The minimum Gasteiger partial charge on any atom is -0.271 e. The van der Waals surface area contributed by atoms with Crippen LogP contribution in [0.4, 0.5) is 0 Å². The van der Waals surface area contributed by atoms with Crippen LogP contribution in [0.2, 0.25) is 39.3 Å². The molecule has 0 spiro atoms. The molecule has 0 aliphatic carbocycles. The summed E-state index contributed by atoms with van der Waals surface area (Å²) in [6.45, 7) is 15.5. The molecule has 0 radical (unpaired) electrons. The van der Waals surface area contributed by atoms with Gasteiger partial charge in [-0.1, -0.05) is 39.3 Å². The molecule has 0 saturated carbocycles. The Balaban J connectivity index is 2.25. The zero-order valence-corrected chi connectivity index (χ0v) is 16.4. The molecule has 1 aromatic rings. The Morgan fingerprint density at radius 3 is 2.11 bits per heavy atom. The lowest BCUT2D eigenvalue weighted by atomic mass is 10.3. The highest BCUT2D eigenvalue weighted by Gasteiger charge is 2.57. The van der Waals surface area contributed by atoms with Crippen molar-refractivity contribution in [1.82, 2.24) is 4.67 Å². The fraction of sp³-hybridized carbons (Fsp3) is 0.692. The maximum Gasteiger partial charge on any atom is 0.0722 e. The SMILES string of the molecule is CN1[C@H](c2ccsc2)P1C([Si](C)(C)C)[Si](C)(C)C. The standard InChI is InChI=1S/C13H26NPSSi2/c1-14-12(11-8-9-16-10-11)15(14)13(17(2,3)4)18(5,6)7/h8-10,12-13H,1-7H3/t12-,14?,15?/m0/s1. The number of hydrogen-bond donors (Lipinski definition) is 0. The van der Waals surface area contributed by atoms with E-state index in [1.807, 2.05) is 11.3 Å². The second-order valence-electron chi connectivity index (χ2n) is 7.52. The van der Waals surface area contributed by atoms with Crippen molar-refractivity contribution in [3.05, 3.63) is 22.4 Å². The molecule has 1 aliphatic rings. The highest BCUT2D eigenvalue weighted by Crippen LogP contribution is 2.78. The van der Waals surface area contributed by atoms with Gasteiger partial charge in [0, 0.05) is 0 Å². The molecule has 102 valence electrons. The molecule has 2 rings (SSSR count). The van der Waals surface area contributed by atoms with Crippen molar-refractivity contribution in [3.8, 4) is 0 Å². The number of thiophene rings is 1. The molecule has 1 nitrogen and oxygen atoms in total. The third kappa shape index (κ3) is 2.83. The Morgan fingerprint density at radius 1 is 1.17 bits per heavy atom. The Kier molecular flexibility index (Phi) is 3.99. The van der Waals surface area contributed by atoms with E-state index in [-0.39, 0.29) is 8.07 Å². The highest BCUT2D eigenvalue weighted by molar-refractivity contribution is 7.69. The molecule has 0 aromatic carbocycles. The van der Waals surface area contributed by atoms with Gasteiger partial charge in [0.05, 0.1) is 21.9 Å². The van der Waals surface area contributed by atoms with Crippen molar-refractivity contribution in [1.29, 1.82) is 0 Å². The summed E-state index contributed by atoms with van der Waals surface area (Å²) in [5.74, 6) is 0.773. The monoisotopic (exact) mass is 315 g/mol. The molecule has 2 heterocycles. The first-order valence-electron chi connectivity index (χ1n) is 6.67. The van der Waals surface area contributed by atoms with E-state index in [4.69, 9.17) is 0 Å². The van der Waals surface area contributed by atoms with Gasteiger partial charge in [0.1, 0.15) is 0 Å². The van der Waals surface area contributed by atoms with Gasteiger partial charge in [-0.2, -0.15) is 11.3 Å². The number of rotatable bonds is 4. The van der Waals surface area contributed by atoms with Crippen LogP contribution < -0.4 is 0 Å². The molecule has 1 fully saturated rings. The van der Waals surface area contributed by atoms with E-state index in [0.717, 1.165) is 10.7 Å². The predicted octanol–water partition coefficient (Wildman–Crippen LogP) is 5.21. The molecule has 1 aliphatic heterocycles. The molecule has 1 aromatic heterocycles. The average Bonchev–Trinajstić information content (AvgIpc) is 2.64. The number of nitrogens with zero attached hydrogens (tertiary/aromatic N) is 1. The van der Waals surface area contributed by atoms with Crippen molar-refractivity contribution in [2.75, 3.05) is 7.05 Å². The second-order valence-corrected chi connectivity index (χ2v) is 22.9. The summed E-state index contributed by atoms with van der Waals surface area (Å²) >= 11 is 1.85. The summed E-state index contributed by atoms with van der Waals surface area (Å²) in [7, 11) is 0.314. The van der Waals surface area contributed by atoms with Crippen LogP contribution in [-0.4, -0.2) is 32.8 Å². The van der Waals surface area contributed by atoms with Gasteiger partial charge >= 0.3 is 0 Å². The molecule has 0 amide bonds. The van der Waals surface area contributed by atoms with Crippen LogP contribution in [0, 0.1) is 0 Å². The predicted molar refractivity (Wildman–Crippen MR) is 92.2 cm³/mol. The fourth-order valence-corrected chi connectivity index (χ4v) is 24.9. The Labute approximate surface area is 119 Å². The summed E-state index contributed by atoms with van der Waals surface area (Å²) in [6.07, 6.45) is 0. The summed E-state index contributed by atoms with van der Waals surface area (Å²) in [6, 6.07) is 2.33. The minimum absolute atomic E-state index is 0.0982. The zero-order chi connectivity index (χ0) is 13.7. The lowest BCUT2D eigenvalue weighted by molar-refractivity contribution is 0.666. The van der Waals surface area contributed by atoms with Gasteiger partial charge in [0.25, 0.3) is 0 Å². The molecule has 0 bridgehead atoms. The highest BCUT2D eigenvalue weighted by atomic mass is 32.1. The normalized spacial score (nSPS) is 28.8. The van der Waals surface area contributed by atoms with Crippen LogP contribution >= 0.6 is 19.4 Å². The van der Waals surface area contributed by atoms with Gasteiger partial charge < -0.3 is 0 Å². The van der Waals surface area contributed by atoms with Crippen molar-refractivity contribution >= 4 is 35.6 Å². The lowest BCUT2D eigenvalue weighted by Gasteiger charge is -2.38. The first-order chi connectivity index (χ1) is 8.14. The van der Waals surface area contributed by atoms with Crippen LogP contribution in [-0.2, 0) is 0 Å². The third-order valence-corrected chi connectivity index (χ3v) is 21.5. The van der Waals surface area contributed by atoms with E-state index in [0.29, 0.717) is 0 Å². The van der Waals surface area contributed by atoms with E-state index in [2.05, 4.69) is 67.8 Å². The van der Waals surface area contributed by atoms with E-state index < -0.39 is 16.1 Å². The first kappa shape index (κ1) is 14.9. The van der Waals surface area contributed by atoms with Crippen LogP contribution in [0.15, 0.2) is 16.8 Å². The summed E-state index contributed by atoms with van der Waals surface area (Å²) in [5.41, 5.74) is 1.58. The lowest BCUT2D eigenvalue weighted by Crippen LogP contribution is -2.51. The topological polar surface area (TPSA) is 3.01 Å². The molecule has 18 heavy (non-hydrogen) atoms. The van der Waals surface area contributed by atoms with Crippen LogP contribution in [0.1, 0.15) is 11.3 Å². The average molecular weight is 316 g/mol. The number of hydrogen-bond acceptors (Lipinski definition) is 2. The van der Waals surface area contributed by atoms with Gasteiger partial charge in [-0.15, -0.1) is 0 Å². The molecular formula is C13H26NPSSi2. The molecule has 5 heteroatoms. The summed E-state index contributed by atoms with van der Waals surface area (Å²) in [4.78, 5) is 1.05. The zero-order valence-electron chi connectivity index (χ0n) is 12.7.